The summed E-state index contributed by atoms with van der Waals surface area (Å²) in [6.07, 6.45) is 4.42. The lowest BCUT2D eigenvalue weighted by Gasteiger charge is -2.23. The highest BCUT2D eigenvalue weighted by Gasteiger charge is 2.15. The van der Waals surface area contributed by atoms with E-state index < -0.39 is 11.6 Å². The van der Waals surface area contributed by atoms with Crippen LogP contribution in [0.1, 0.15) is 32.1 Å². The first-order chi connectivity index (χ1) is 9.56. The number of hydrogen-bond donors (Lipinski definition) is 2. The molecule has 0 radical (unpaired) electrons. The molecular weight excluding hydrogens is 330 g/mol. The van der Waals surface area contributed by atoms with Crippen molar-refractivity contribution in [2.24, 2.45) is 0 Å². The third kappa shape index (κ3) is 4.24. The van der Waals surface area contributed by atoms with Crippen LogP contribution in [0.25, 0.3) is 0 Å². The van der Waals surface area contributed by atoms with E-state index in [1.54, 1.807) is 0 Å². The molecule has 1 unspecified atom stereocenters. The molecule has 0 spiro atoms. The number of piperidine rings is 1. The lowest BCUT2D eigenvalue weighted by molar-refractivity contribution is -0.116. The number of halogens is 3. The Morgan fingerprint density at radius 1 is 1.35 bits per heavy atom. The maximum Gasteiger partial charge on any atom is 0.224 e. The predicted octanol–water partition coefficient (Wildman–Crippen LogP) is 3.59. The van der Waals surface area contributed by atoms with Gasteiger partial charge in [-0.3, -0.25) is 4.79 Å². The molecule has 0 aliphatic carbocycles. The normalized spacial score (nSPS) is 18.9. The highest BCUT2D eigenvalue weighted by atomic mass is 79.9. The van der Waals surface area contributed by atoms with Crippen LogP contribution in [0.5, 0.6) is 0 Å². The summed E-state index contributed by atoms with van der Waals surface area (Å²) in [4.78, 5) is 11.8. The summed E-state index contributed by atoms with van der Waals surface area (Å²) in [5.74, 6) is -1.55. The van der Waals surface area contributed by atoms with Gasteiger partial charge in [-0.25, -0.2) is 8.78 Å². The second kappa shape index (κ2) is 7.13. The molecule has 1 aliphatic heterocycles. The zero-order valence-corrected chi connectivity index (χ0v) is 12.6. The molecule has 1 aromatic carbocycles. The molecule has 3 nitrogen and oxygen atoms in total. The van der Waals surface area contributed by atoms with E-state index in [0.29, 0.717) is 18.9 Å². The average molecular weight is 347 g/mol. The molecule has 110 valence electrons. The molecule has 0 saturated carbocycles. The van der Waals surface area contributed by atoms with E-state index in [1.807, 2.05) is 0 Å². The molecule has 1 aliphatic rings. The summed E-state index contributed by atoms with van der Waals surface area (Å²) in [6.45, 7) is 0.985. The van der Waals surface area contributed by atoms with Crippen LogP contribution in [-0.4, -0.2) is 18.5 Å². The molecule has 1 heterocycles. The van der Waals surface area contributed by atoms with Crippen molar-refractivity contribution in [1.29, 1.82) is 0 Å². The number of carbonyl (C=O) groups is 1. The highest BCUT2D eigenvalue weighted by Crippen LogP contribution is 2.23. The van der Waals surface area contributed by atoms with Crippen LogP contribution in [0.2, 0.25) is 0 Å². The number of carbonyl (C=O) groups excluding carboxylic acids is 1. The summed E-state index contributed by atoms with van der Waals surface area (Å²) in [5.41, 5.74) is -0.118. The van der Waals surface area contributed by atoms with Crippen molar-refractivity contribution in [1.82, 2.24) is 5.32 Å². The standard InChI is InChI=1S/C14H17BrF2N2O/c15-10-7-12(17)13(8-11(10)16)19-14(20)5-4-9-3-1-2-6-18-9/h7-9,18H,1-6H2,(H,19,20). The van der Waals surface area contributed by atoms with Gasteiger partial charge in [0.05, 0.1) is 10.2 Å². The molecule has 2 N–H and O–H groups in total. The van der Waals surface area contributed by atoms with Gasteiger partial charge in [-0.15, -0.1) is 0 Å². The second-order valence-electron chi connectivity index (χ2n) is 4.98. The van der Waals surface area contributed by atoms with Gasteiger partial charge in [0.1, 0.15) is 11.6 Å². The Morgan fingerprint density at radius 3 is 2.85 bits per heavy atom. The fraction of sp³-hybridized carbons (Fsp3) is 0.500. The van der Waals surface area contributed by atoms with E-state index in [0.717, 1.165) is 25.1 Å². The van der Waals surface area contributed by atoms with Gasteiger partial charge < -0.3 is 10.6 Å². The zero-order chi connectivity index (χ0) is 14.5. The average Bonchev–Trinajstić information content (AvgIpc) is 2.44. The molecule has 1 amide bonds. The first-order valence-corrected chi connectivity index (χ1v) is 7.53. The Labute approximate surface area is 125 Å². The quantitative estimate of drug-likeness (QED) is 0.818. The Kier molecular flexibility index (Phi) is 5.48. The monoisotopic (exact) mass is 346 g/mol. The largest absolute Gasteiger partial charge is 0.324 e. The van der Waals surface area contributed by atoms with E-state index in [2.05, 4.69) is 26.6 Å². The molecule has 0 bridgehead atoms. The number of amides is 1. The van der Waals surface area contributed by atoms with Crippen molar-refractivity contribution in [3.63, 3.8) is 0 Å². The minimum absolute atomic E-state index is 0.0411. The van der Waals surface area contributed by atoms with Crippen LogP contribution < -0.4 is 10.6 Å². The predicted molar refractivity (Wildman–Crippen MR) is 77.6 cm³/mol. The molecule has 1 atom stereocenters. The van der Waals surface area contributed by atoms with E-state index in [-0.39, 0.29) is 16.1 Å². The second-order valence-corrected chi connectivity index (χ2v) is 5.83. The number of rotatable bonds is 4. The van der Waals surface area contributed by atoms with E-state index in [9.17, 15) is 13.6 Å². The minimum atomic E-state index is -0.651. The Bertz CT molecular complexity index is 490. The van der Waals surface area contributed by atoms with E-state index >= 15 is 0 Å². The van der Waals surface area contributed by atoms with Gasteiger partial charge in [0.25, 0.3) is 0 Å². The van der Waals surface area contributed by atoms with Crippen LogP contribution in [0.3, 0.4) is 0 Å². The molecule has 2 rings (SSSR count). The number of hydrogen-bond acceptors (Lipinski definition) is 2. The van der Waals surface area contributed by atoms with Gasteiger partial charge >= 0.3 is 0 Å². The smallest absolute Gasteiger partial charge is 0.224 e. The maximum absolute atomic E-state index is 13.6. The Hall–Kier alpha value is -1.01. The van der Waals surface area contributed by atoms with Gasteiger partial charge in [0.15, 0.2) is 0 Å². The van der Waals surface area contributed by atoms with Gasteiger partial charge in [0.2, 0.25) is 5.91 Å². The Balaban J connectivity index is 1.86. The van der Waals surface area contributed by atoms with Crippen molar-refractivity contribution in [3.05, 3.63) is 28.2 Å². The van der Waals surface area contributed by atoms with Crippen molar-refractivity contribution in [2.45, 2.75) is 38.1 Å². The maximum atomic E-state index is 13.6. The van der Waals surface area contributed by atoms with Gasteiger partial charge in [-0.05, 0) is 47.8 Å². The van der Waals surface area contributed by atoms with Crippen LogP contribution in [-0.2, 0) is 4.79 Å². The zero-order valence-electron chi connectivity index (χ0n) is 11.0. The number of benzene rings is 1. The van der Waals surface area contributed by atoms with E-state index in [4.69, 9.17) is 0 Å². The first kappa shape index (κ1) is 15.4. The molecule has 1 aromatic rings. The summed E-state index contributed by atoms with van der Waals surface area (Å²) in [5, 5.41) is 5.76. The lowest BCUT2D eigenvalue weighted by Crippen LogP contribution is -2.34. The van der Waals surface area contributed by atoms with Gasteiger partial charge in [0, 0.05) is 18.5 Å². The summed E-state index contributed by atoms with van der Waals surface area (Å²) in [7, 11) is 0. The molecular formula is C14H17BrF2N2O. The number of nitrogens with one attached hydrogen (secondary N) is 2. The highest BCUT2D eigenvalue weighted by molar-refractivity contribution is 9.10. The third-order valence-electron chi connectivity index (χ3n) is 3.42. The van der Waals surface area contributed by atoms with Crippen molar-refractivity contribution < 1.29 is 13.6 Å². The molecule has 20 heavy (non-hydrogen) atoms. The van der Waals surface area contributed by atoms with Gasteiger partial charge in [-0.2, -0.15) is 0 Å². The van der Waals surface area contributed by atoms with E-state index in [1.165, 1.54) is 12.8 Å². The van der Waals surface area contributed by atoms with Crippen LogP contribution >= 0.6 is 15.9 Å². The summed E-state index contributed by atoms with van der Waals surface area (Å²) in [6, 6.07) is 2.34. The van der Waals surface area contributed by atoms with Crippen molar-refractivity contribution >= 4 is 27.5 Å². The van der Waals surface area contributed by atoms with Crippen molar-refractivity contribution in [2.75, 3.05) is 11.9 Å². The molecule has 0 aromatic heterocycles. The lowest BCUT2D eigenvalue weighted by atomic mass is 10.0. The van der Waals surface area contributed by atoms with Gasteiger partial charge in [-0.1, -0.05) is 6.42 Å². The Morgan fingerprint density at radius 2 is 2.15 bits per heavy atom. The fourth-order valence-electron chi connectivity index (χ4n) is 2.31. The molecule has 1 fully saturated rings. The van der Waals surface area contributed by atoms with Crippen LogP contribution in [0, 0.1) is 11.6 Å². The van der Waals surface area contributed by atoms with Crippen LogP contribution in [0.4, 0.5) is 14.5 Å². The number of anilines is 1. The summed E-state index contributed by atoms with van der Waals surface area (Å²) >= 11 is 2.89. The van der Waals surface area contributed by atoms with Crippen LogP contribution in [0.15, 0.2) is 16.6 Å². The fourth-order valence-corrected chi connectivity index (χ4v) is 2.62. The molecule has 1 saturated heterocycles. The first-order valence-electron chi connectivity index (χ1n) is 6.74. The van der Waals surface area contributed by atoms with Crippen molar-refractivity contribution in [3.8, 4) is 0 Å². The SMILES string of the molecule is O=C(CCC1CCCCN1)Nc1cc(F)c(Br)cc1F. The summed E-state index contributed by atoms with van der Waals surface area (Å²) < 4.78 is 26.9. The minimum Gasteiger partial charge on any atom is -0.324 e. The topological polar surface area (TPSA) is 41.1 Å². The molecule has 6 heteroatoms. The third-order valence-corrected chi connectivity index (χ3v) is 4.02.